The minimum atomic E-state index is -3.69. The first-order chi connectivity index (χ1) is 9.49. The summed E-state index contributed by atoms with van der Waals surface area (Å²) in [5.41, 5.74) is 6.27. The number of primary sulfonamides is 1. The van der Waals surface area contributed by atoms with Gasteiger partial charge in [0.1, 0.15) is 0 Å². The molecule has 5 N–H and O–H groups in total. The van der Waals surface area contributed by atoms with Gasteiger partial charge in [-0.2, -0.15) is 0 Å². The van der Waals surface area contributed by atoms with E-state index >= 15 is 0 Å². The minimum Gasteiger partial charge on any atom is -0.350 e. The number of rotatable bonds is 6. The van der Waals surface area contributed by atoms with E-state index in [0.717, 1.165) is 5.56 Å². The number of hydrogen-bond acceptors (Lipinski definition) is 4. The molecule has 0 aromatic heterocycles. The molecule has 6 nitrogen and oxygen atoms in total. The third-order valence-corrected chi connectivity index (χ3v) is 4.01. The van der Waals surface area contributed by atoms with E-state index in [0.29, 0.717) is 12.8 Å². The second-order valence-electron chi connectivity index (χ2n) is 5.89. The Kier molecular flexibility index (Phi) is 5.49. The van der Waals surface area contributed by atoms with Crippen LogP contribution in [0.25, 0.3) is 0 Å². The summed E-state index contributed by atoms with van der Waals surface area (Å²) in [6, 6.07) is 5.91. The second kappa shape index (κ2) is 6.55. The van der Waals surface area contributed by atoms with Crippen molar-refractivity contribution in [2.75, 3.05) is 0 Å². The van der Waals surface area contributed by atoms with Crippen LogP contribution in [0.2, 0.25) is 0 Å². The van der Waals surface area contributed by atoms with Crippen LogP contribution in [0.1, 0.15) is 45.2 Å². The first-order valence-corrected chi connectivity index (χ1v) is 8.25. The zero-order chi connectivity index (χ0) is 16.3. The van der Waals surface area contributed by atoms with Gasteiger partial charge in [0.15, 0.2) is 0 Å². The highest BCUT2D eigenvalue weighted by atomic mass is 32.2. The molecule has 7 heteroatoms. The van der Waals surface area contributed by atoms with Crippen molar-refractivity contribution >= 4 is 15.9 Å². The Hall–Kier alpha value is -1.44. The molecule has 0 saturated carbocycles. The monoisotopic (exact) mass is 313 g/mol. The Labute approximate surface area is 126 Å². The number of hydrogen-bond donors (Lipinski definition) is 3. The zero-order valence-corrected chi connectivity index (χ0v) is 13.4. The number of amides is 1. The molecule has 1 aromatic carbocycles. The quantitative estimate of drug-likeness (QED) is 0.727. The molecule has 1 atom stereocenters. The van der Waals surface area contributed by atoms with Gasteiger partial charge in [-0.05, 0) is 44.9 Å². The summed E-state index contributed by atoms with van der Waals surface area (Å²) < 4.78 is 22.3. The second-order valence-corrected chi connectivity index (χ2v) is 7.45. The lowest BCUT2D eigenvalue weighted by atomic mass is 9.99. The van der Waals surface area contributed by atoms with Crippen molar-refractivity contribution in [3.8, 4) is 0 Å². The van der Waals surface area contributed by atoms with E-state index in [4.69, 9.17) is 10.9 Å². The maximum Gasteiger partial charge on any atom is 0.238 e. The molecule has 0 aliphatic carbocycles. The van der Waals surface area contributed by atoms with E-state index in [2.05, 4.69) is 5.32 Å². The molecule has 0 aliphatic heterocycles. The molecule has 0 heterocycles. The number of carbonyl (C=O) groups is 1. The van der Waals surface area contributed by atoms with Crippen molar-refractivity contribution < 1.29 is 13.2 Å². The van der Waals surface area contributed by atoms with Crippen molar-refractivity contribution in [2.24, 2.45) is 10.9 Å². The van der Waals surface area contributed by atoms with Crippen LogP contribution in [0.5, 0.6) is 0 Å². The average molecular weight is 313 g/mol. The van der Waals surface area contributed by atoms with Gasteiger partial charge in [-0.3, -0.25) is 4.79 Å². The summed E-state index contributed by atoms with van der Waals surface area (Å²) in [7, 11) is -3.69. The summed E-state index contributed by atoms with van der Waals surface area (Å²) in [5.74, 6) is -0.0865. The van der Waals surface area contributed by atoms with Gasteiger partial charge in [0.25, 0.3) is 0 Å². The first-order valence-electron chi connectivity index (χ1n) is 6.70. The number of carbonyl (C=O) groups excluding carboxylic acids is 1. The Morgan fingerprint density at radius 2 is 1.81 bits per heavy atom. The van der Waals surface area contributed by atoms with E-state index in [1.807, 2.05) is 20.8 Å². The lowest BCUT2D eigenvalue weighted by Gasteiger charge is -2.19. The normalized spacial score (nSPS) is 13.8. The van der Waals surface area contributed by atoms with E-state index in [1.165, 1.54) is 12.1 Å². The van der Waals surface area contributed by atoms with E-state index in [-0.39, 0.29) is 22.4 Å². The highest BCUT2D eigenvalue weighted by molar-refractivity contribution is 7.89. The SMILES string of the molecule is CC(NC(=O)CCC(C)(C)N)c1ccc(S(N)(=O)=O)cc1. The molecule has 21 heavy (non-hydrogen) atoms. The van der Waals surface area contributed by atoms with Crippen LogP contribution in [0.15, 0.2) is 29.2 Å². The number of benzene rings is 1. The van der Waals surface area contributed by atoms with Gasteiger partial charge in [-0.25, -0.2) is 13.6 Å². The predicted octanol–water partition coefficient (Wildman–Crippen LogP) is 1.03. The van der Waals surface area contributed by atoms with Gasteiger partial charge in [0.2, 0.25) is 15.9 Å². The molecular weight excluding hydrogens is 290 g/mol. The van der Waals surface area contributed by atoms with Crippen LogP contribution < -0.4 is 16.2 Å². The Morgan fingerprint density at radius 1 is 1.29 bits per heavy atom. The van der Waals surface area contributed by atoms with Gasteiger partial charge < -0.3 is 11.1 Å². The van der Waals surface area contributed by atoms with E-state index < -0.39 is 10.0 Å². The summed E-state index contributed by atoms with van der Waals surface area (Å²) in [5, 5.41) is 7.89. The van der Waals surface area contributed by atoms with Crippen LogP contribution in [0.3, 0.4) is 0 Å². The topological polar surface area (TPSA) is 115 Å². The molecule has 1 rings (SSSR count). The van der Waals surface area contributed by atoms with Gasteiger partial charge in [0.05, 0.1) is 10.9 Å². The van der Waals surface area contributed by atoms with Crippen molar-refractivity contribution in [3.05, 3.63) is 29.8 Å². The third kappa shape index (κ3) is 6.24. The van der Waals surface area contributed by atoms with E-state index in [9.17, 15) is 13.2 Å². The minimum absolute atomic E-state index is 0.0506. The van der Waals surface area contributed by atoms with Crippen LogP contribution >= 0.6 is 0 Å². The smallest absolute Gasteiger partial charge is 0.238 e. The molecule has 1 unspecified atom stereocenters. The fourth-order valence-electron chi connectivity index (χ4n) is 1.78. The molecule has 0 radical (unpaired) electrons. The van der Waals surface area contributed by atoms with Gasteiger partial charge in [0, 0.05) is 12.0 Å². The molecule has 0 fully saturated rings. The lowest BCUT2D eigenvalue weighted by molar-refractivity contribution is -0.122. The largest absolute Gasteiger partial charge is 0.350 e. The van der Waals surface area contributed by atoms with E-state index in [1.54, 1.807) is 12.1 Å². The third-order valence-electron chi connectivity index (χ3n) is 3.08. The van der Waals surface area contributed by atoms with Crippen LogP contribution in [0.4, 0.5) is 0 Å². The molecular formula is C14H23N3O3S. The molecule has 0 spiro atoms. The molecule has 0 bridgehead atoms. The van der Waals surface area contributed by atoms with Gasteiger partial charge in [-0.1, -0.05) is 12.1 Å². The highest BCUT2D eigenvalue weighted by Gasteiger charge is 2.15. The molecule has 1 amide bonds. The van der Waals surface area contributed by atoms with Crippen molar-refractivity contribution in [1.29, 1.82) is 0 Å². The van der Waals surface area contributed by atoms with Crippen molar-refractivity contribution in [3.63, 3.8) is 0 Å². The summed E-state index contributed by atoms with van der Waals surface area (Å²) in [6.07, 6.45) is 0.943. The summed E-state index contributed by atoms with van der Waals surface area (Å²) in [6.45, 7) is 5.57. The first kappa shape index (κ1) is 17.6. The highest BCUT2D eigenvalue weighted by Crippen LogP contribution is 2.16. The average Bonchev–Trinajstić information content (AvgIpc) is 2.34. The Bertz CT molecular complexity index is 589. The standard InChI is InChI=1S/C14H23N3O3S/c1-10(17-13(18)8-9-14(2,3)15)11-4-6-12(7-5-11)21(16,19)20/h4-7,10H,8-9,15H2,1-3H3,(H,17,18)(H2,16,19,20). The molecule has 1 aromatic rings. The van der Waals surface area contributed by atoms with Gasteiger partial charge in [-0.15, -0.1) is 0 Å². The summed E-state index contributed by atoms with van der Waals surface area (Å²) in [4.78, 5) is 11.9. The maximum absolute atomic E-state index is 11.8. The van der Waals surface area contributed by atoms with Crippen LogP contribution in [-0.4, -0.2) is 19.9 Å². The number of nitrogens with two attached hydrogens (primary N) is 2. The molecule has 0 saturated heterocycles. The Morgan fingerprint density at radius 3 is 2.24 bits per heavy atom. The number of nitrogens with one attached hydrogen (secondary N) is 1. The van der Waals surface area contributed by atoms with Crippen LogP contribution in [-0.2, 0) is 14.8 Å². The summed E-state index contributed by atoms with van der Waals surface area (Å²) >= 11 is 0. The van der Waals surface area contributed by atoms with Crippen LogP contribution in [0, 0.1) is 0 Å². The van der Waals surface area contributed by atoms with Gasteiger partial charge >= 0.3 is 0 Å². The van der Waals surface area contributed by atoms with Crippen molar-refractivity contribution in [2.45, 2.75) is 50.1 Å². The fraction of sp³-hybridized carbons (Fsp3) is 0.500. The number of sulfonamides is 1. The predicted molar refractivity (Wildman–Crippen MR) is 81.9 cm³/mol. The fourth-order valence-corrected chi connectivity index (χ4v) is 2.29. The molecule has 118 valence electrons. The lowest BCUT2D eigenvalue weighted by Crippen LogP contribution is -2.35. The molecule has 0 aliphatic rings. The van der Waals surface area contributed by atoms with Crippen molar-refractivity contribution in [1.82, 2.24) is 5.32 Å². The zero-order valence-electron chi connectivity index (χ0n) is 12.6. The Balaban J connectivity index is 2.64. The maximum atomic E-state index is 11.8.